The van der Waals surface area contributed by atoms with Crippen LogP contribution in [0, 0.1) is 6.92 Å². The van der Waals surface area contributed by atoms with E-state index in [4.69, 9.17) is 20.8 Å². The minimum Gasteiger partial charge on any atom is -0.462 e. The first-order valence-electron chi connectivity index (χ1n) is 9.00. The maximum atomic E-state index is 12.8. The normalized spacial score (nSPS) is 17.6. The van der Waals surface area contributed by atoms with Gasteiger partial charge < -0.3 is 9.15 Å². The fourth-order valence-electron chi connectivity index (χ4n) is 2.94. The smallest absolute Gasteiger partial charge is 0.331 e. The third-order valence-corrected chi connectivity index (χ3v) is 4.63. The molecule has 0 radical (unpaired) electrons. The number of esters is 1. The standard InChI is InChI=1S/C21H20ClNO5/c1-14-5-10-17(27-14)11-12-19(24)28-18-4-2-3-13-23(21(18)26)20(25)15-6-8-16(22)9-7-15/h5-12,18H,2-4,13H2,1H3/b12-11+. The molecule has 1 unspecified atom stereocenters. The first-order valence-corrected chi connectivity index (χ1v) is 9.38. The van der Waals surface area contributed by atoms with Gasteiger partial charge in [-0.05, 0) is 68.7 Å². The zero-order valence-corrected chi connectivity index (χ0v) is 16.1. The van der Waals surface area contributed by atoms with E-state index in [0.29, 0.717) is 35.6 Å². The minimum atomic E-state index is -0.991. The Hall–Kier alpha value is -2.86. The SMILES string of the molecule is Cc1ccc(/C=C/C(=O)OC2CCCCN(C(=O)c3ccc(Cl)cc3)C2=O)o1. The van der Waals surface area contributed by atoms with Crippen molar-refractivity contribution in [2.45, 2.75) is 32.3 Å². The molecule has 2 heterocycles. The molecule has 7 heteroatoms. The maximum Gasteiger partial charge on any atom is 0.331 e. The molecular formula is C21H20ClNO5. The summed E-state index contributed by atoms with van der Waals surface area (Å²) in [5.74, 6) is -0.350. The van der Waals surface area contributed by atoms with Crippen molar-refractivity contribution in [3.05, 3.63) is 64.6 Å². The number of furan rings is 1. The number of likely N-dealkylation sites (tertiary alicyclic amines) is 1. The largest absolute Gasteiger partial charge is 0.462 e. The lowest BCUT2D eigenvalue weighted by atomic mass is 10.1. The van der Waals surface area contributed by atoms with E-state index in [1.54, 1.807) is 43.3 Å². The van der Waals surface area contributed by atoms with E-state index in [2.05, 4.69) is 0 Å². The number of nitrogens with zero attached hydrogens (tertiary/aromatic N) is 1. The summed E-state index contributed by atoms with van der Waals surface area (Å²) >= 11 is 5.85. The van der Waals surface area contributed by atoms with Crippen molar-refractivity contribution >= 4 is 35.5 Å². The number of aryl methyl sites for hydroxylation is 1. The Morgan fingerprint density at radius 1 is 1.18 bits per heavy atom. The molecule has 0 N–H and O–H groups in total. The molecular weight excluding hydrogens is 382 g/mol. The van der Waals surface area contributed by atoms with Gasteiger partial charge in [-0.2, -0.15) is 0 Å². The van der Waals surface area contributed by atoms with Crippen LogP contribution >= 0.6 is 11.6 Å². The van der Waals surface area contributed by atoms with Gasteiger partial charge in [0.2, 0.25) is 0 Å². The van der Waals surface area contributed by atoms with Crippen LogP contribution in [-0.2, 0) is 14.3 Å². The molecule has 1 aliphatic rings. The summed E-state index contributed by atoms with van der Waals surface area (Å²) in [6.45, 7) is 2.09. The Bertz CT molecular complexity index is 900. The van der Waals surface area contributed by atoms with E-state index in [-0.39, 0.29) is 6.54 Å². The highest BCUT2D eigenvalue weighted by atomic mass is 35.5. The molecule has 1 atom stereocenters. The molecule has 0 bridgehead atoms. The average Bonchev–Trinajstić information content (AvgIpc) is 3.01. The predicted molar refractivity (Wildman–Crippen MR) is 104 cm³/mol. The van der Waals surface area contributed by atoms with E-state index in [1.807, 2.05) is 0 Å². The number of hydrogen-bond acceptors (Lipinski definition) is 5. The second-order valence-corrected chi connectivity index (χ2v) is 6.94. The number of imide groups is 1. The highest BCUT2D eigenvalue weighted by Crippen LogP contribution is 2.19. The Labute approximate surface area is 167 Å². The number of halogens is 1. The number of carbonyl (C=O) groups is 3. The van der Waals surface area contributed by atoms with E-state index in [0.717, 1.165) is 10.7 Å². The Balaban J connectivity index is 1.68. The van der Waals surface area contributed by atoms with Gasteiger partial charge in [-0.1, -0.05) is 11.6 Å². The third kappa shape index (κ3) is 4.89. The summed E-state index contributed by atoms with van der Waals surface area (Å²) in [7, 11) is 0. The van der Waals surface area contributed by atoms with Gasteiger partial charge in [-0.15, -0.1) is 0 Å². The van der Waals surface area contributed by atoms with E-state index in [9.17, 15) is 14.4 Å². The number of hydrogen-bond donors (Lipinski definition) is 0. The van der Waals surface area contributed by atoms with E-state index < -0.39 is 23.9 Å². The second kappa shape index (κ2) is 8.89. The predicted octanol–water partition coefficient (Wildman–Crippen LogP) is 4.02. The van der Waals surface area contributed by atoms with Gasteiger partial charge in [0.15, 0.2) is 6.10 Å². The van der Waals surface area contributed by atoms with Crippen molar-refractivity contribution in [1.82, 2.24) is 4.90 Å². The topological polar surface area (TPSA) is 76.8 Å². The molecule has 28 heavy (non-hydrogen) atoms. The first kappa shape index (κ1) is 19.9. The second-order valence-electron chi connectivity index (χ2n) is 6.50. The number of amides is 2. The summed E-state index contributed by atoms with van der Waals surface area (Å²) in [5.41, 5.74) is 0.359. The lowest BCUT2D eigenvalue weighted by Crippen LogP contribution is -2.43. The lowest BCUT2D eigenvalue weighted by molar-refractivity contribution is -0.154. The van der Waals surface area contributed by atoms with Crippen LogP contribution in [0.3, 0.4) is 0 Å². The van der Waals surface area contributed by atoms with Crippen molar-refractivity contribution < 1.29 is 23.5 Å². The number of rotatable bonds is 4. The zero-order valence-electron chi connectivity index (χ0n) is 15.4. The molecule has 1 aromatic carbocycles. The van der Waals surface area contributed by atoms with Gasteiger partial charge in [0.05, 0.1) is 0 Å². The van der Waals surface area contributed by atoms with Crippen LogP contribution in [0.2, 0.25) is 5.02 Å². The zero-order chi connectivity index (χ0) is 20.1. The Kier molecular flexibility index (Phi) is 6.31. The Morgan fingerprint density at radius 2 is 1.93 bits per heavy atom. The average molecular weight is 402 g/mol. The van der Waals surface area contributed by atoms with Crippen LogP contribution in [0.25, 0.3) is 6.08 Å². The fraction of sp³-hybridized carbons (Fsp3) is 0.286. The molecule has 1 saturated heterocycles. The molecule has 2 aromatic rings. The van der Waals surface area contributed by atoms with Gasteiger partial charge in [-0.25, -0.2) is 4.79 Å². The quantitative estimate of drug-likeness (QED) is 0.439. The first-order chi connectivity index (χ1) is 13.4. The molecule has 2 amide bonds. The van der Waals surface area contributed by atoms with Gasteiger partial charge in [0, 0.05) is 23.2 Å². The van der Waals surface area contributed by atoms with Crippen LogP contribution in [0.4, 0.5) is 0 Å². The molecule has 0 spiro atoms. The molecule has 3 rings (SSSR count). The summed E-state index contributed by atoms with van der Waals surface area (Å²) in [6.07, 6.45) is 3.40. The van der Waals surface area contributed by atoms with Crippen LogP contribution < -0.4 is 0 Å². The summed E-state index contributed by atoms with van der Waals surface area (Å²) in [4.78, 5) is 38.8. The minimum absolute atomic E-state index is 0.288. The van der Waals surface area contributed by atoms with Gasteiger partial charge in [0.25, 0.3) is 11.8 Å². The molecule has 146 valence electrons. The van der Waals surface area contributed by atoms with Gasteiger partial charge in [-0.3, -0.25) is 14.5 Å². The van der Waals surface area contributed by atoms with Crippen molar-refractivity contribution in [3.63, 3.8) is 0 Å². The highest BCUT2D eigenvalue weighted by molar-refractivity contribution is 6.30. The lowest BCUT2D eigenvalue weighted by Gasteiger charge is -2.22. The maximum absolute atomic E-state index is 12.8. The van der Waals surface area contributed by atoms with Crippen LogP contribution in [-0.4, -0.2) is 35.3 Å². The van der Waals surface area contributed by atoms with Gasteiger partial charge in [0.1, 0.15) is 11.5 Å². The summed E-state index contributed by atoms with van der Waals surface area (Å²) < 4.78 is 10.7. The molecule has 0 saturated carbocycles. The highest BCUT2D eigenvalue weighted by Gasteiger charge is 2.33. The Morgan fingerprint density at radius 3 is 2.61 bits per heavy atom. The van der Waals surface area contributed by atoms with Gasteiger partial charge >= 0.3 is 5.97 Å². The van der Waals surface area contributed by atoms with E-state index in [1.165, 1.54) is 12.2 Å². The number of carbonyl (C=O) groups excluding carboxylic acids is 3. The molecule has 1 aromatic heterocycles. The van der Waals surface area contributed by atoms with Crippen LogP contribution in [0.5, 0.6) is 0 Å². The summed E-state index contributed by atoms with van der Waals surface area (Å²) in [6, 6.07) is 9.82. The molecule has 1 aliphatic heterocycles. The molecule has 0 aliphatic carbocycles. The molecule has 1 fully saturated rings. The fourth-order valence-corrected chi connectivity index (χ4v) is 3.07. The van der Waals surface area contributed by atoms with Crippen LogP contribution in [0.1, 0.15) is 41.1 Å². The van der Waals surface area contributed by atoms with Crippen LogP contribution in [0.15, 0.2) is 46.9 Å². The summed E-state index contributed by atoms with van der Waals surface area (Å²) in [5, 5.41) is 0.504. The van der Waals surface area contributed by atoms with Crippen molar-refractivity contribution in [2.75, 3.05) is 6.54 Å². The third-order valence-electron chi connectivity index (χ3n) is 4.38. The van der Waals surface area contributed by atoms with Crippen molar-refractivity contribution in [3.8, 4) is 0 Å². The van der Waals surface area contributed by atoms with Crippen molar-refractivity contribution in [2.24, 2.45) is 0 Å². The molecule has 6 nitrogen and oxygen atoms in total. The van der Waals surface area contributed by atoms with Crippen molar-refractivity contribution in [1.29, 1.82) is 0 Å². The number of ether oxygens (including phenoxy) is 1. The monoisotopic (exact) mass is 401 g/mol. The van der Waals surface area contributed by atoms with E-state index >= 15 is 0 Å². The number of benzene rings is 1.